The van der Waals surface area contributed by atoms with Crippen molar-refractivity contribution in [1.29, 1.82) is 0 Å². The van der Waals surface area contributed by atoms with Crippen LogP contribution in [0, 0.1) is 0 Å². The predicted octanol–water partition coefficient (Wildman–Crippen LogP) is 2.41. The van der Waals surface area contributed by atoms with Gasteiger partial charge in [0.2, 0.25) is 0 Å². The van der Waals surface area contributed by atoms with Gasteiger partial charge in [-0.3, -0.25) is 4.90 Å². The number of hydrogen-bond donors (Lipinski definition) is 1. The summed E-state index contributed by atoms with van der Waals surface area (Å²) >= 11 is 0. The zero-order valence-corrected chi connectivity index (χ0v) is 12.3. The van der Waals surface area contributed by atoms with E-state index in [2.05, 4.69) is 31.0 Å². The van der Waals surface area contributed by atoms with E-state index in [1.54, 1.807) is 0 Å². The molecule has 0 aromatic carbocycles. The minimum absolute atomic E-state index is 0.407. The Bertz CT molecular complexity index is 229. The molecule has 1 N–H and O–H groups in total. The fourth-order valence-electron chi connectivity index (χ4n) is 3.51. The molecule has 18 heavy (non-hydrogen) atoms. The summed E-state index contributed by atoms with van der Waals surface area (Å²) in [5.41, 5.74) is 0. The first kappa shape index (κ1) is 14.3. The molecule has 2 fully saturated rings. The Morgan fingerprint density at radius 2 is 1.67 bits per heavy atom. The molecule has 0 spiro atoms. The molecule has 1 saturated carbocycles. The van der Waals surface area contributed by atoms with Gasteiger partial charge in [-0.25, -0.2) is 0 Å². The molecule has 2 aliphatic rings. The lowest BCUT2D eigenvalue weighted by atomic mass is 9.89. The third kappa shape index (κ3) is 3.94. The molecule has 3 nitrogen and oxygen atoms in total. The van der Waals surface area contributed by atoms with E-state index in [1.165, 1.54) is 38.6 Å². The Kier molecular flexibility index (Phi) is 5.46. The number of nitrogens with zero attached hydrogens (tertiary/aromatic N) is 1. The molecule has 0 aromatic rings. The Labute approximate surface area is 112 Å². The lowest BCUT2D eigenvalue weighted by Gasteiger charge is -2.43. The number of ether oxygens (including phenoxy) is 1. The molecule has 1 aliphatic heterocycles. The van der Waals surface area contributed by atoms with Crippen molar-refractivity contribution in [3.8, 4) is 0 Å². The standard InChI is InChI=1S/C15H30N2O/c1-4-9-16-14-5-7-15(8-6-14)17-10-12(2)18-13(3)11-17/h12-16H,4-11H2,1-3H3/t12-,13+,14?,15?. The van der Waals surface area contributed by atoms with Gasteiger partial charge in [-0.1, -0.05) is 6.92 Å². The third-order valence-electron chi connectivity index (χ3n) is 4.34. The smallest absolute Gasteiger partial charge is 0.0678 e. The normalized spacial score (nSPS) is 38.8. The van der Waals surface area contributed by atoms with Crippen LogP contribution in [0.1, 0.15) is 52.9 Å². The van der Waals surface area contributed by atoms with Crippen LogP contribution < -0.4 is 5.32 Å². The van der Waals surface area contributed by atoms with Crippen LogP contribution in [0.5, 0.6) is 0 Å². The zero-order valence-electron chi connectivity index (χ0n) is 12.3. The van der Waals surface area contributed by atoms with Crippen molar-refractivity contribution in [3.05, 3.63) is 0 Å². The van der Waals surface area contributed by atoms with Crippen molar-refractivity contribution in [1.82, 2.24) is 10.2 Å². The van der Waals surface area contributed by atoms with Gasteiger partial charge >= 0.3 is 0 Å². The highest BCUT2D eigenvalue weighted by atomic mass is 16.5. The van der Waals surface area contributed by atoms with Gasteiger partial charge in [0.1, 0.15) is 0 Å². The maximum atomic E-state index is 5.83. The minimum atomic E-state index is 0.407. The van der Waals surface area contributed by atoms with Crippen LogP contribution >= 0.6 is 0 Å². The summed E-state index contributed by atoms with van der Waals surface area (Å²) in [6, 6.07) is 1.58. The Morgan fingerprint density at radius 1 is 1.06 bits per heavy atom. The second kappa shape index (κ2) is 6.88. The van der Waals surface area contributed by atoms with Gasteiger partial charge in [0, 0.05) is 25.2 Å². The van der Waals surface area contributed by atoms with E-state index >= 15 is 0 Å². The van der Waals surface area contributed by atoms with Gasteiger partial charge < -0.3 is 10.1 Å². The maximum absolute atomic E-state index is 5.83. The van der Waals surface area contributed by atoms with Crippen molar-refractivity contribution in [3.63, 3.8) is 0 Å². The van der Waals surface area contributed by atoms with Crippen LogP contribution in [0.3, 0.4) is 0 Å². The van der Waals surface area contributed by atoms with Gasteiger partial charge in [-0.15, -0.1) is 0 Å². The SMILES string of the molecule is CCCNC1CCC(N2C[C@@H](C)O[C@@H](C)C2)CC1. The second-order valence-corrected chi connectivity index (χ2v) is 6.17. The van der Waals surface area contributed by atoms with Gasteiger partial charge in [-0.2, -0.15) is 0 Å². The molecule has 2 atom stereocenters. The monoisotopic (exact) mass is 254 g/mol. The third-order valence-corrected chi connectivity index (χ3v) is 4.34. The highest BCUT2D eigenvalue weighted by Crippen LogP contribution is 2.25. The maximum Gasteiger partial charge on any atom is 0.0678 e. The average molecular weight is 254 g/mol. The van der Waals surface area contributed by atoms with E-state index in [4.69, 9.17) is 4.74 Å². The number of hydrogen-bond acceptors (Lipinski definition) is 3. The molecule has 106 valence electrons. The van der Waals surface area contributed by atoms with Gasteiger partial charge in [0.15, 0.2) is 0 Å². The van der Waals surface area contributed by atoms with Crippen LogP contribution in [0.2, 0.25) is 0 Å². The van der Waals surface area contributed by atoms with E-state index in [9.17, 15) is 0 Å². The van der Waals surface area contributed by atoms with E-state index in [1.807, 2.05) is 0 Å². The largest absolute Gasteiger partial charge is 0.373 e. The molecule has 1 heterocycles. The van der Waals surface area contributed by atoms with Crippen molar-refractivity contribution in [2.45, 2.75) is 77.2 Å². The predicted molar refractivity (Wildman–Crippen MR) is 75.9 cm³/mol. The van der Waals surface area contributed by atoms with Crippen LogP contribution in [0.25, 0.3) is 0 Å². The summed E-state index contributed by atoms with van der Waals surface area (Å²) < 4.78 is 5.83. The van der Waals surface area contributed by atoms with Crippen LogP contribution in [-0.4, -0.2) is 48.8 Å². The second-order valence-electron chi connectivity index (χ2n) is 6.17. The van der Waals surface area contributed by atoms with Gasteiger partial charge in [-0.05, 0) is 52.5 Å². The summed E-state index contributed by atoms with van der Waals surface area (Å²) in [4.78, 5) is 2.68. The summed E-state index contributed by atoms with van der Waals surface area (Å²) in [5, 5.41) is 3.67. The molecule has 1 saturated heterocycles. The highest BCUT2D eigenvalue weighted by Gasteiger charge is 2.30. The summed E-state index contributed by atoms with van der Waals surface area (Å²) in [6.07, 6.45) is 7.49. The average Bonchev–Trinajstić information content (AvgIpc) is 2.36. The Hall–Kier alpha value is -0.120. The minimum Gasteiger partial charge on any atom is -0.373 e. The van der Waals surface area contributed by atoms with Crippen molar-refractivity contribution >= 4 is 0 Å². The quantitative estimate of drug-likeness (QED) is 0.834. The van der Waals surface area contributed by atoms with E-state index in [0.717, 1.165) is 25.2 Å². The molecule has 3 heteroatoms. The molecule has 0 unspecified atom stereocenters. The molecule has 0 bridgehead atoms. The number of morpholine rings is 1. The van der Waals surface area contributed by atoms with Crippen molar-refractivity contribution in [2.75, 3.05) is 19.6 Å². The van der Waals surface area contributed by atoms with E-state index < -0.39 is 0 Å². The van der Waals surface area contributed by atoms with E-state index in [0.29, 0.717) is 12.2 Å². The number of rotatable bonds is 4. The first-order chi connectivity index (χ1) is 8.69. The molecule has 0 amide bonds. The topological polar surface area (TPSA) is 24.5 Å². The van der Waals surface area contributed by atoms with Gasteiger partial charge in [0.05, 0.1) is 12.2 Å². The molecule has 1 aliphatic carbocycles. The van der Waals surface area contributed by atoms with Crippen LogP contribution in [0.4, 0.5) is 0 Å². The first-order valence-electron chi connectivity index (χ1n) is 7.82. The summed E-state index contributed by atoms with van der Waals surface area (Å²) in [6.45, 7) is 10.1. The Balaban J connectivity index is 1.75. The van der Waals surface area contributed by atoms with E-state index in [-0.39, 0.29) is 0 Å². The Morgan fingerprint density at radius 3 is 2.22 bits per heavy atom. The highest BCUT2D eigenvalue weighted by molar-refractivity contribution is 4.86. The fourth-order valence-corrected chi connectivity index (χ4v) is 3.51. The molecular formula is C15H30N2O. The molecule has 0 radical (unpaired) electrons. The van der Waals surface area contributed by atoms with Crippen LogP contribution in [-0.2, 0) is 4.74 Å². The number of nitrogens with one attached hydrogen (secondary N) is 1. The molecule has 2 rings (SSSR count). The van der Waals surface area contributed by atoms with Gasteiger partial charge in [0.25, 0.3) is 0 Å². The molecule has 0 aromatic heterocycles. The van der Waals surface area contributed by atoms with Crippen molar-refractivity contribution < 1.29 is 4.74 Å². The van der Waals surface area contributed by atoms with Crippen molar-refractivity contribution in [2.24, 2.45) is 0 Å². The zero-order chi connectivity index (χ0) is 13.0. The lowest BCUT2D eigenvalue weighted by molar-refractivity contribution is -0.0846. The van der Waals surface area contributed by atoms with Crippen LogP contribution in [0.15, 0.2) is 0 Å². The lowest BCUT2D eigenvalue weighted by Crippen LogP contribution is -2.51. The molecular weight excluding hydrogens is 224 g/mol. The fraction of sp³-hybridized carbons (Fsp3) is 1.00. The summed E-state index contributed by atoms with van der Waals surface area (Å²) in [5.74, 6) is 0. The summed E-state index contributed by atoms with van der Waals surface area (Å²) in [7, 11) is 0. The first-order valence-corrected chi connectivity index (χ1v) is 7.82.